The molecule has 0 radical (unpaired) electrons. The number of halogens is 1. The molecule has 1 heterocycles. The molecule has 1 aliphatic heterocycles. The highest BCUT2D eigenvalue weighted by molar-refractivity contribution is 6.31. The maximum Gasteiger partial charge on any atom is 0.0992 e. The predicted molar refractivity (Wildman–Crippen MR) is 73.5 cm³/mol. The van der Waals surface area contributed by atoms with E-state index in [0.29, 0.717) is 16.6 Å². The molecule has 0 amide bonds. The number of benzene rings is 1. The molecule has 0 saturated carbocycles. The minimum Gasteiger partial charge on any atom is -0.318 e. The van der Waals surface area contributed by atoms with E-state index in [-0.39, 0.29) is 0 Å². The minimum atomic E-state index is 0.599. The molecule has 1 N–H and O–H groups in total. The molecule has 3 nitrogen and oxygen atoms in total. The van der Waals surface area contributed by atoms with Crippen molar-refractivity contribution in [2.45, 2.75) is 25.4 Å². The zero-order chi connectivity index (χ0) is 13.0. The van der Waals surface area contributed by atoms with Gasteiger partial charge in [0, 0.05) is 24.2 Å². The maximum atomic E-state index is 8.82. The van der Waals surface area contributed by atoms with Crippen molar-refractivity contribution in [1.29, 1.82) is 5.26 Å². The number of likely N-dealkylation sites (tertiary alicyclic amines) is 1. The number of rotatable bonds is 4. The first-order chi connectivity index (χ1) is 8.74. The Balaban J connectivity index is 2.07. The van der Waals surface area contributed by atoms with Gasteiger partial charge in [-0.3, -0.25) is 4.90 Å². The van der Waals surface area contributed by atoms with E-state index < -0.39 is 0 Å². The molecule has 1 aliphatic rings. The molecule has 1 aromatic rings. The van der Waals surface area contributed by atoms with Crippen molar-refractivity contribution in [2.24, 2.45) is 0 Å². The number of nitrogens with zero attached hydrogens (tertiary/aromatic N) is 2. The second-order valence-electron chi connectivity index (χ2n) is 4.74. The maximum absolute atomic E-state index is 8.82. The van der Waals surface area contributed by atoms with Crippen LogP contribution >= 0.6 is 11.6 Å². The van der Waals surface area contributed by atoms with E-state index in [1.54, 1.807) is 6.07 Å². The molecule has 2 rings (SSSR count). The Kier molecular flexibility index (Phi) is 4.60. The summed E-state index contributed by atoms with van der Waals surface area (Å²) in [6.45, 7) is 3.02. The second kappa shape index (κ2) is 6.19. The number of hydrogen-bond donors (Lipinski definition) is 1. The van der Waals surface area contributed by atoms with E-state index in [9.17, 15) is 0 Å². The quantitative estimate of drug-likeness (QED) is 0.907. The number of hydrogen-bond acceptors (Lipinski definition) is 3. The van der Waals surface area contributed by atoms with Crippen molar-refractivity contribution in [1.82, 2.24) is 10.2 Å². The molecule has 1 saturated heterocycles. The van der Waals surface area contributed by atoms with Crippen LogP contribution in [-0.2, 0) is 6.54 Å². The smallest absolute Gasteiger partial charge is 0.0992 e. The molecule has 0 aromatic heterocycles. The van der Waals surface area contributed by atoms with Crippen molar-refractivity contribution in [3.8, 4) is 6.07 Å². The summed E-state index contributed by atoms with van der Waals surface area (Å²) in [6.07, 6.45) is 2.50. The van der Waals surface area contributed by atoms with Gasteiger partial charge in [0.15, 0.2) is 0 Å². The Morgan fingerprint density at radius 2 is 2.39 bits per heavy atom. The fourth-order valence-electron chi connectivity index (χ4n) is 2.53. The zero-order valence-corrected chi connectivity index (χ0v) is 11.4. The van der Waals surface area contributed by atoms with Gasteiger partial charge < -0.3 is 5.32 Å². The Labute approximate surface area is 113 Å². The molecular formula is C14H18ClN3. The third-order valence-corrected chi connectivity index (χ3v) is 3.85. The fourth-order valence-corrected chi connectivity index (χ4v) is 2.77. The zero-order valence-electron chi connectivity index (χ0n) is 10.6. The number of nitriles is 1. The van der Waals surface area contributed by atoms with Crippen molar-refractivity contribution in [3.05, 3.63) is 34.3 Å². The number of likely N-dealkylation sites (N-methyl/N-ethyl adjacent to an activating group) is 1. The molecule has 0 spiro atoms. The van der Waals surface area contributed by atoms with Crippen LogP contribution < -0.4 is 5.32 Å². The van der Waals surface area contributed by atoms with Gasteiger partial charge in [0.1, 0.15) is 0 Å². The summed E-state index contributed by atoms with van der Waals surface area (Å²) in [5.41, 5.74) is 1.73. The first kappa shape index (κ1) is 13.4. The molecule has 1 fully saturated rings. The lowest BCUT2D eigenvalue weighted by atomic mass is 10.1. The van der Waals surface area contributed by atoms with Gasteiger partial charge in [-0.05, 0) is 44.1 Å². The number of nitrogens with one attached hydrogen (secondary N) is 1. The Hall–Kier alpha value is -1.08. The Morgan fingerprint density at radius 1 is 1.56 bits per heavy atom. The molecule has 4 heteroatoms. The molecule has 0 bridgehead atoms. The summed E-state index contributed by atoms with van der Waals surface area (Å²) in [5.74, 6) is 0. The van der Waals surface area contributed by atoms with Gasteiger partial charge in [-0.2, -0.15) is 5.26 Å². The predicted octanol–water partition coefficient (Wildman–Crippen LogP) is 2.40. The van der Waals surface area contributed by atoms with E-state index >= 15 is 0 Å². The normalized spacial score (nSPS) is 19.9. The van der Waals surface area contributed by atoms with Gasteiger partial charge in [-0.1, -0.05) is 17.7 Å². The summed E-state index contributed by atoms with van der Waals surface area (Å²) in [6, 6.07) is 8.26. The average Bonchev–Trinajstić information content (AvgIpc) is 2.80. The Morgan fingerprint density at radius 3 is 3.06 bits per heavy atom. The van der Waals surface area contributed by atoms with E-state index in [2.05, 4.69) is 16.3 Å². The standard InChI is InChI=1S/C14H18ClN3/c1-17-9-13-3-2-6-18(13)10-12-5-4-11(8-16)7-14(12)15/h4-5,7,13,17H,2-3,6,9-10H2,1H3. The molecule has 1 aromatic carbocycles. The van der Waals surface area contributed by atoms with Crippen molar-refractivity contribution in [3.63, 3.8) is 0 Å². The van der Waals surface area contributed by atoms with Gasteiger partial charge in [0.25, 0.3) is 0 Å². The van der Waals surface area contributed by atoms with Crippen LogP contribution in [0.2, 0.25) is 5.02 Å². The lowest BCUT2D eigenvalue weighted by Gasteiger charge is -2.24. The van der Waals surface area contributed by atoms with E-state index in [1.165, 1.54) is 12.8 Å². The van der Waals surface area contributed by atoms with Crippen LogP contribution in [0.1, 0.15) is 24.0 Å². The Bertz CT molecular complexity index is 453. The topological polar surface area (TPSA) is 39.1 Å². The van der Waals surface area contributed by atoms with Crippen molar-refractivity contribution < 1.29 is 0 Å². The van der Waals surface area contributed by atoms with Gasteiger partial charge in [-0.25, -0.2) is 0 Å². The molecule has 1 atom stereocenters. The minimum absolute atomic E-state index is 0.599. The summed E-state index contributed by atoms with van der Waals surface area (Å²) < 4.78 is 0. The summed E-state index contributed by atoms with van der Waals surface area (Å²) in [5, 5.41) is 12.8. The third-order valence-electron chi connectivity index (χ3n) is 3.49. The highest BCUT2D eigenvalue weighted by Gasteiger charge is 2.24. The SMILES string of the molecule is CNCC1CCCN1Cc1ccc(C#N)cc1Cl. The lowest BCUT2D eigenvalue weighted by Crippen LogP contribution is -2.36. The lowest BCUT2D eigenvalue weighted by molar-refractivity contribution is 0.242. The van der Waals surface area contributed by atoms with Crippen molar-refractivity contribution >= 4 is 11.6 Å². The highest BCUT2D eigenvalue weighted by Crippen LogP contribution is 2.24. The van der Waals surface area contributed by atoms with E-state index in [0.717, 1.165) is 25.2 Å². The average molecular weight is 264 g/mol. The fraction of sp³-hybridized carbons (Fsp3) is 0.500. The van der Waals surface area contributed by atoms with Crippen LogP contribution in [-0.4, -0.2) is 31.1 Å². The molecule has 18 heavy (non-hydrogen) atoms. The molecular weight excluding hydrogens is 246 g/mol. The third kappa shape index (κ3) is 3.02. The van der Waals surface area contributed by atoms with Crippen LogP contribution in [0.15, 0.2) is 18.2 Å². The first-order valence-electron chi connectivity index (χ1n) is 6.31. The van der Waals surface area contributed by atoms with Gasteiger partial charge in [-0.15, -0.1) is 0 Å². The molecule has 1 unspecified atom stereocenters. The van der Waals surface area contributed by atoms with Gasteiger partial charge in [0.05, 0.1) is 11.6 Å². The van der Waals surface area contributed by atoms with Gasteiger partial charge >= 0.3 is 0 Å². The largest absolute Gasteiger partial charge is 0.318 e. The van der Waals surface area contributed by atoms with Crippen LogP contribution in [0.3, 0.4) is 0 Å². The summed E-state index contributed by atoms with van der Waals surface area (Å²) in [4.78, 5) is 2.46. The van der Waals surface area contributed by atoms with E-state index in [4.69, 9.17) is 16.9 Å². The van der Waals surface area contributed by atoms with E-state index in [1.807, 2.05) is 19.2 Å². The first-order valence-corrected chi connectivity index (χ1v) is 6.69. The van der Waals surface area contributed by atoms with Crippen LogP contribution in [0.4, 0.5) is 0 Å². The second-order valence-corrected chi connectivity index (χ2v) is 5.15. The van der Waals surface area contributed by atoms with Gasteiger partial charge in [0.2, 0.25) is 0 Å². The molecule has 96 valence electrons. The molecule has 0 aliphatic carbocycles. The summed E-state index contributed by atoms with van der Waals surface area (Å²) >= 11 is 6.22. The summed E-state index contributed by atoms with van der Waals surface area (Å²) in [7, 11) is 1.99. The van der Waals surface area contributed by atoms with Crippen molar-refractivity contribution in [2.75, 3.05) is 20.1 Å². The van der Waals surface area contributed by atoms with Crippen LogP contribution in [0.25, 0.3) is 0 Å². The highest BCUT2D eigenvalue weighted by atomic mass is 35.5. The van der Waals surface area contributed by atoms with Crippen LogP contribution in [0, 0.1) is 11.3 Å². The monoisotopic (exact) mass is 263 g/mol. The van der Waals surface area contributed by atoms with Crippen LogP contribution in [0.5, 0.6) is 0 Å².